The maximum atomic E-state index is 6.31. The van der Waals surface area contributed by atoms with Crippen LogP contribution in [0.1, 0.15) is 79.1 Å². The smallest absolute Gasteiger partial charge is 0.187 e. The average Bonchev–Trinajstić information content (AvgIpc) is 2.95. The number of ether oxygens (including phenoxy) is 4. The van der Waals surface area contributed by atoms with Crippen LogP contribution in [0.15, 0.2) is 7.57 Å². The third kappa shape index (κ3) is 8.75. The van der Waals surface area contributed by atoms with E-state index in [0.29, 0.717) is 38.3 Å². The Kier molecular flexibility index (Phi) is 13.5. The molecule has 4 nitrogen and oxygen atoms in total. The van der Waals surface area contributed by atoms with E-state index >= 15 is 0 Å². The van der Waals surface area contributed by atoms with Gasteiger partial charge in [0.25, 0.3) is 0 Å². The van der Waals surface area contributed by atoms with Crippen LogP contribution in [0.4, 0.5) is 0 Å². The fourth-order valence-corrected chi connectivity index (χ4v) is 6.83. The van der Waals surface area contributed by atoms with Crippen molar-refractivity contribution in [3.8, 4) is 11.5 Å². The topological polar surface area (TPSA) is 36.9 Å². The Balaban J connectivity index is 2.01. The number of unbranched alkanes of at least 4 members (excludes halogenated alkanes) is 2. The molecule has 0 aliphatic carbocycles. The molecule has 0 saturated carbocycles. The van der Waals surface area contributed by atoms with E-state index in [4.69, 9.17) is 18.9 Å². The summed E-state index contributed by atoms with van der Waals surface area (Å²) >= 11 is 8.79. The van der Waals surface area contributed by atoms with E-state index in [0.717, 1.165) is 45.1 Å². The second-order valence-corrected chi connectivity index (χ2v) is 12.9. The fourth-order valence-electron chi connectivity index (χ4n) is 3.98. The lowest BCUT2D eigenvalue weighted by Gasteiger charge is -2.32. The van der Waals surface area contributed by atoms with Gasteiger partial charge in [0.1, 0.15) is 20.8 Å². The van der Waals surface area contributed by atoms with E-state index in [2.05, 4.69) is 59.6 Å². The minimum absolute atomic E-state index is 0.318. The third-order valence-corrected chi connectivity index (χ3v) is 8.82. The van der Waals surface area contributed by atoms with E-state index in [1.807, 2.05) is 0 Å². The van der Waals surface area contributed by atoms with Gasteiger partial charge in [0.05, 0.1) is 18.6 Å². The van der Waals surface area contributed by atoms with Crippen molar-refractivity contribution in [3.63, 3.8) is 0 Å². The molecule has 0 bridgehead atoms. The van der Waals surface area contributed by atoms with Gasteiger partial charge in [-0.15, -0.1) is 11.3 Å². The zero-order chi connectivity index (χ0) is 23.4. The molecule has 0 saturated heterocycles. The standard InChI is InChI=1S/C25H42Br2O4S/c1-5-9-11-19(7-3)13-28-15-25(16-29-14-20(8-4)12-10-6-2)17-30-21-22(31-18-25)24(27)32-23(21)26/h19-20H,5-18H2,1-4H3. The minimum atomic E-state index is -0.318. The van der Waals surface area contributed by atoms with E-state index < -0.39 is 0 Å². The number of rotatable bonds is 16. The summed E-state index contributed by atoms with van der Waals surface area (Å²) in [4.78, 5) is 0. The van der Waals surface area contributed by atoms with Crippen LogP contribution < -0.4 is 9.47 Å². The van der Waals surface area contributed by atoms with Crippen LogP contribution in [-0.2, 0) is 9.47 Å². The SMILES string of the molecule is CCCCC(CC)COCC1(COCC(CC)CCCC)COc2c(Br)sc(Br)c2OC1. The van der Waals surface area contributed by atoms with Crippen molar-refractivity contribution < 1.29 is 18.9 Å². The first kappa shape index (κ1) is 28.4. The lowest BCUT2D eigenvalue weighted by molar-refractivity contribution is -0.0716. The van der Waals surface area contributed by atoms with Crippen LogP contribution in [0.3, 0.4) is 0 Å². The largest absolute Gasteiger partial charge is 0.487 e. The van der Waals surface area contributed by atoms with E-state index in [1.54, 1.807) is 11.3 Å². The highest BCUT2D eigenvalue weighted by atomic mass is 79.9. The third-order valence-electron chi connectivity index (χ3n) is 6.40. The summed E-state index contributed by atoms with van der Waals surface area (Å²) in [6.45, 7) is 12.8. The molecule has 0 aromatic carbocycles. The summed E-state index contributed by atoms with van der Waals surface area (Å²) in [7, 11) is 0. The Morgan fingerprint density at radius 2 is 1.25 bits per heavy atom. The van der Waals surface area contributed by atoms with Gasteiger partial charge in [-0.05, 0) is 56.5 Å². The molecule has 0 radical (unpaired) electrons. The highest BCUT2D eigenvalue weighted by Crippen LogP contribution is 2.50. The fraction of sp³-hybridized carbons (Fsp3) is 0.840. The number of fused-ring (bicyclic) bond motifs is 1. The van der Waals surface area contributed by atoms with Gasteiger partial charge in [-0.1, -0.05) is 66.2 Å². The molecule has 0 spiro atoms. The lowest BCUT2D eigenvalue weighted by atomic mass is 9.91. The highest BCUT2D eigenvalue weighted by molar-refractivity contribution is 9.12. The summed E-state index contributed by atoms with van der Waals surface area (Å²) in [5.74, 6) is 2.80. The maximum Gasteiger partial charge on any atom is 0.187 e. The normalized spacial score (nSPS) is 17.2. The molecule has 0 amide bonds. The Bertz CT molecular complexity index is 600. The first-order valence-corrected chi connectivity index (χ1v) is 14.8. The summed E-state index contributed by atoms with van der Waals surface area (Å²) in [5, 5.41) is 0. The summed E-state index contributed by atoms with van der Waals surface area (Å²) < 4.78 is 27.0. The van der Waals surface area contributed by atoms with Gasteiger partial charge in [0, 0.05) is 13.2 Å². The quantitative estimate of drug-likeness (QED) is 0.191. The van der Waals surface area contributed by atoms with Crippen LogP contribution in [0.25, 0.3) is 0 Å². The molecule has 186 valence electrons. The van der Waals surface area contributed by atoms with Crippen LogP contribution >= 0.6 is 43.2 Å². The Hall–Kier alpha value is 0.180. The van der Waals surface area contributed by atoms with Gasteiger partial charge in [-0.25, -0.2) is 0 Å². The van der Waals surface area contributed by atoms with Gasteiger partial charge in [0.15, 0.2) is 11.5 Å². The van der Waals surface area contributed by atoms with Gasteiger partial charge >= 0.3 is 0 Å². The van der Waals surface area contributed by atoms with Crippen molar-refractivity contribution in [1.82, 2.24) is 0 Å². The first-order valence-electron chi connectivity index (χ1n) is 12.4. The molecule has 2 atom stereocenters. The Morgan fingerprint density at radius 1 is 0.812 bits per heavy atom. The minimum Gasteiger partial charge on any atom is -0.487 e. The van der Waals surface area contributed by atoms with Crippen molar-refractivity contribution in [2.75, 3.05) is 39.6 Å². The van der Waals surface area contributed by atoms with E-state index in [1.165, 1.54) is 38.5 Å². The molecule has 0 fully saturated rings. The monoisotopic (exact) mass is 596 g/mol. The van der Waals surface area contributed by atoms with Crippen molar-refractivity contribution >= 4 is 43.2 Å². The summed E-state index contributed by atoms with van der Waals surface area (Å²) in [5.41, 5.74) is -0.318. The zero-order valence-corrected chi connectivity index (χ0v) is 24.3. The van der Waals surface area contributed by atoms with Crippen molar-refractivity contribution in [1.29, 1.82) is 0 Å². The van der Waals surface area contributed by atoms with Crippen LogP contribution in [-0.4, -0.2) is 39.6 Å². The highest BCUT2D eigenvalue weighted by Gasteiger charge is 2.38. The van der Waals surface area contributed by atoms with E-state index in [9.17, 15) is 0 Å². The van der Waals surface area contributed by atoms with E-state index in [-0.39, 0.29) is 5.41 Å². The average molecular weight is 598 g/mol. The lowest BCUT2D eigenvalue weighted by Crippen LogP contribution is -2.43. The molecule has 7 heteroatoms. The maximum absolute atomic E-state index is 6.31. The molecule has 0 N–H and O–H groups in total. The van der Waals surface area contributed by atoms with Gasteiger partial charge in [0.2, 0.25) is 0 Å². The van der Waals surface area contributed by atoms with Crippen molar-refractivity contribution in [3.05, 3.63) is 7.57 Å². The molecule has 1 aliphatic rings. The second-order valence-electron chi connectivity index (χ2n) is 9.25. The molecular formula is C25H42Br2O4S. The van der Waals surface area contributed by atoms with Gasteiger partial charge in [-0.3, -0.25) is 0 Å². The molecule has 1 aromatic heterocycles. The van der Waals surface area contributed by atoms with Crippen LogP contribution in [0, 0.1) is 17.3 Å². The number of hydrogen-bond acceptors (Lipinski definition) is 5. The summed E-state index contributed by atoms with van der Waals surface area (Å²) in [6.07, 6.45) is 9.77. The molecule has 1 aliphatic heterocycles. The molecule has 2 heterocycles. The summed E-state index contributed by atoms with van der Waals surface area (Å²) in [6, 6.07) is 0. The Morgan fingerprint density at radius 3 is 1.62 bits per heavy atom. The predicted octanol–water partition coefficient (Wildman–Crippen LogP) is 8.50. The van der Waals surface area contributed by atoms with Gasteiger partial charge < -0.3 is 18.9 Å². The molecule has 1 aromatic rings. The molecule has 2 unspecified atom stereocenters. The van der Waals surface area contributed by atoms with Crippen LogP contribution in [0.5, 0.6) is 11.5 Å². The number of hydrogen-bond donors (Lipinski definition) is 0. The first-order chi connectivity index (χ1) is 15.5. The number of halogens is 2. The molecule has 2 rings (SSSR count). The van der Waals surface area contributed by atoms with Crippen molar-refractivity contribution in [2.24, 2.45) is 17.3 Å². The zero-order valence-electron chi connectivity index (χ0n) is 20.4. The van der Waals surface area contributed by atoms with Crippen LogP contribution in [0.2, 0.25) is 0 Å². The molecule has 32 heavy (non-hydrogen) atoms. The second kappa shape index (κ2) is 15.2. The van der Waals surface area contributed by atoms with Crippen molar-refractivity contribution in [2.45, 2.75) is 79.1 Å². The van der Waals surface area contributed by atoms with Gasteiger partial charge in [-0.2, -0.15) is 0 Å². The predicted molar refractivity (Wildman–Crippen MR) is 141 cm³/mol. The Labute approximate surface area is 216 Å². The molecular weight excluding hydrogens is 556 g/mol. The number of thiophene rings is 1.